The van der Waals surface area contributed by atoms with E-state index in [1.165, 1.54) is 0 Å². The van der Waals surface area contributed by atoms with Crippen LogP contribution in [-0.4, -0.2) is 73.8 Å². The van der Waals surface area contributed by atoms with Crippen LogP contribution in [0.1, 0.15) is 26.3 Å². The Morgan fingerprint density at radius 1 is 1.03 bits per heavy atom. The van der Waals surface area contributed by atoms with Crippen molar-refractivity contribution in [3.8, 4) is 0 Å². The van der Waals surface area contributed by atoms with Crippen LogP contribution in [0, 0.1) is 0 Å². The molecule has 1 aromatic carbocycles. The van der Waals surface area contributed by atoms with Crippen molar-refractivity contribution in [2.75, 3.05) is 46.0 Å². The van der Waals surface area contributed by atoms with Crippen LogP contribution in [-0.2, 0) is 29.6 Å². The molecule has 31 heavy (non-hydrogen) atoms. The number of ether oxygens (including phenoxy) is 1. The van der Waals surface area contributed by atoms with Crippen molar-refractivity contribution in [3.05, 3.63) is 29.8 Å². The third-order valence-corrected chi connectivity index (χ3v) is 6.82. The molecule has 2 amide bonds. The van der Waals surface area contributed by atoms with Gasteiger partial charge in [-0.25, -0.2) is 4.79 Å². The molecule has 2 N–H and O–H groups in total. The molecule has 1 unspecified atom stereocenters. The quantitative estimate of drug-likeness (QED) is 0.542. The van der Waals surface area contributed by atoms with Crippen molar-refractivity contribution in [2.24, 2.45) is 5.73 Å². The van der Waals surface area contributed by atoms with Crippen molar-refractivity contribution in [1.29, 1.82) is 0 Å². The zero-order chi connectivity index (χ0) is 22.1. The van der Waals surface area contributed by atoms with Gasteiger partial charge in [-0.1, -0.05) is 12.1 Å². The zero-order valence-electron chi connectivity index (χ0n) is 18.3. The van der Waals surface area contributed by atoms with Crippen LogP contribution >= 0.6 is 20.0 Å². The lowest BCUT2D eigenvalue weighted by Crippen LogP contribution is -2.54. The maximum absolute atomic E-state index is 13.0. The second-order valence-electron chi connectivity index (χ2n) is 6.82. The Kier molecular flexibility index (Phi) is 11.5. The SMILES string of the molecule is CCOC(=O)N1CCN(C(=O)C(N)Cc2cccc(P(=O)(OCC)OCC)c2)CC1.Cl. The van der Waals surface area contributed by atoms with Crippen LogP contribution in [0.25, 0.3) is 0 Å². The first-order valence-corrected chi connectivity index (χ1v) is 11.8. The summed E-state index contributed by atoms with van der Waals surface area (Å²) in [6.07, 6.45) is -0.0676. The van der Waals surface area contributed by atoms with Gasteiger partial charge in [0.25, 0.3) is 0 Å². The first kappa shape index (κ1) is 27.4. The Morgan fingerprint density at radius 3 is 2.16 bits per heavy atom. The lowest BCUT2D eigenvalue weighted by atomic mass is 10.1. The van der Waals surface area contributed by atoms with Crippen LogP contribution < -0.4 is 11.0 Å². The third kappa shape index (κ3) is 7.47. The fourth-order valence-electron chi connectivity index (χ4n) is 3.28. The summed E-state index contributed by atoms with van der Waals surface area (Å²) in [7, 11) is -3.40. The van der Waals surface area contributed by atoms with E-state index >= 15 is 0 Å². The minimum Gasteiger partial charge on any atom is -0.450 e. The molecular weight excluding hydrogens is 445 g/mol. The van der Waals surface area contributed by atoms with E-state index in [4.69, 9.17) is 19.5 Å². The average molecular weight is 478 g/mol. The van der Waals surface area contributed by atoms with E-state index in [1.807, 2.05) is 6.07 Å². The Bertz CT molecular complexity index is 763. The van der Waals surface area contributed by atoms with Gasteiger partial charge in [-0.15, -0.1) is 12.4 Å². The number of piperazine rings is 1. The maximum Gasteiger partial charge on any atom is 0.409 e. The molecule has 0 spiro atoms. The first-order chi connectivity index (χ1) is 14.3. The normalized spacial score (nSPS) is 15.2. The molecule has 1 aromatic rings. The minimum absolute atomic E-state index is 0. The predicted molar refractivity (Wildman–Crippen MR) is 121 cm³/mol. The second-order valence-corrected chi connectivity index (χ2v) is 8.85. The summed E-state index contributed by atoms with van der Waals surface area (Å²) in [5.74, 6) is -0.179. The highest BCUT2D eigenvalue weighted by molar-refractivity contribution is 7.62. The number of nitrogens with zero attached hydrogens (tertiary/aromatic N) is 2. The van der Waals surface area contributed by atoms with Crippen molar-refractivity contribution < 1.29 is 27.9 Å². The van der Waals surface area contributed by atoms with E-state index < -0.39 is 13.6 Å². The molecule has 0 aromatic heterocycles. The molecule has 176 valence electrons. The summed E-state index contributed by atoms with van der Waals surface area (Å²) in [6, 6.07) is 6.26. The van der Waals surface area contributed by atoms with Crippen LogP contribution in [0.5, 0.6) is 0 Å². The lowest BCUT2D eigenvalue weighted by Gasteiger charge is -2.35. The minimum atomic E-state index is -3.40. The Balaban J connectivity index is 0.00000480. The topological polar surface area (TPSA) is 111 Å². The molecule has 11 heteroatoms. The van der Waals surface area contributed by atoms with Gasteiger partial charge in [0.2, 0.25) is 5.91 Å². The van der Waals surface area contributed by atoms with Gasteiger partial charge < -0.3 is 29.3 Å². The molecule has 1 heterocycles. The Morgan fingerprint density at radius 2 is 1.61 bits per heavy atom. The van der Waals surface area contributed by atoms with E-state index in [0.717, 1.165) is 5.56 Å². The predicted octanol–water partition coefficient (Wildman–Crippen LogP) is 2.17. The lowest BCUT2D eigenvalue weighted by molar-refractivity contribution is -0.134. The molecule has 0 radical (unpaired) electrons. The van der Waals surface area contributed by atoms with E-state index in [1.54, 1.807) is 48.8 Å². The number of carbonyl (C=O) groups is 2. The molecule has 1 atom stereocenters. The smallest absolute Gasteiger partial charge is 0.409 e. The van der Waals surface area contributed by atoms with Gasteiger partial charge in [0, 0.05) is 26.2 Å². The van der Waals surface area contributed by atoms with Gasteiger partial charge in [-0.2, -0.15) is 0 Å². The fourth-order valence-corrected chi connectivity index (χ4v) is 4.93. The average Bonchev–Trinajstić information content (AvgIpc) is 2.74. The van der Waals surface area contributed by atoms with Gasteiger partial charge in [-0.05, 0) is 44.9 Å². The van der Waals surface area contributed by atoms with Crippen molar-refractivity contribution in [2.45, 2.75) is 33.2 Å². The molecule has 0 saturated carbocycles. The number of hydrogen-bond acceptors (Lipinski definition) is 7. The number of amides is 2. The number of rotatable bonds is 9. The molecule has 1 aliphatic rings. The number of hydrogen-bond donors (Lipinski definition) is 1. The monoisotopic (exact) mass is 477 g/mol. The maximum atomic E-state index is 13.0. The fraction of sp³-hybridized carbons (Fsp3) is 0.600. The number of nitrogens with two attached hydrogens (primary N) is 1. The number of carbonyl (C=O) groups excluding carboxylic acids is 2. The summed E-state index contributed by atoms with van der Waals surface area (Å²) in [6.45, 7) is 7.77. The summed E-state index contributed by atoms with van der Waals surface area (Å²) in [5.41, 5.74) is 6.95. The zero-order valence-corrected chi connectivity index (χ0v) is 20.0. The van der Waals surface area contributed by atoms with Crippen LogP contribution in [0.3, 0.4) is 0 Å². The molecule has 1 aliphatic heterocycles. The molecule has 9 nitrogen and oxygen atoms in total. The van der Waals surface area contributed by atoms with E-state index in [9.17, 15) is 14.2 Å². The molecule has 1 saturated heterocycles. The van der Waals surface area contributed by atoms with Crippen LogP contribution in [0.15, 0.2) is 24.3 Å². The molecular formula is C20H33ClN3O6P. The summed E-state index contributed by atoms with van der Waals surface area (Å²) < 4.78 is 28.7. The van der Waals surface area contributed by atoms with Crippen molar-refractivity contribution in [1.82, 2.24) is 9.80 Å². The van der Waals surface area contributed by atoms with E-state index in [0.29, 0.717) is 44.5 Å². The highest BCUT2D eigenvalue weighted by Crippen LogP contribution is 2.46. The molecule has 2 rings (SSSR count). The van der Waals surface area contributed by atoms with Crippen LogP contribution in [0.4, 0.5) is 4.79 Å². The van der Waals surface area contributed by atoms with Gasteiger partial charge in [0.05, 0.1) is 31.2 Å². The largest absolute Gasteiger partial charge is 0.450 e. The summed E-state index contributed by atoms with van der Waals surface area (Å²) in [5, 5.41) is 0.450. The van der Waals surface area contributed by atoms with Crippen molar-refractivity contribution >= 4 is 37.3 Å². The van der Waals surface area contributed by atoms with Crippen molar-refractivity contribution in [3.63, 3.8) is 0 Å². The summed E-state index contributed by atoms with van der Waals surface area (Å²) in [4.78, 5) is 27.8. The Labute approximate surface area is 190 Å². The van der Waals surface area contributed by atoms with Gasteiger partial charge in [0.1, 0.15) is 0 Å². The number of halogens is 1. The van der Waals surface area contributed by atoms with Gasteiger partial charge in [0.15, 0.2) is 0 Å². The molecule has 0 bridgehead atoms. The second kappa shape index (κ2) is 13.0. The molecule has 1 fully saturated rings. The number of benzene rings is 1. The van der Waals surface area contributed by atoms with Gasteiger partial charge >= 0.3 is 13.7 Å². The summed E-state index contributed by atoms with van der Waals surface area (Å²) >= 11 is 0. The van der Waals surface area contributed by atoms with E-state index in [2.05, 4.69) is 0 Å². The van der Waals surface area contributed by atoms with E-state index in [-0.39, 0.29) is 37.6 Å². The highest BCUT2D eigenvalue weighted by Gasteiger charge is 2.29. The standard InChI is InChI=1S/C20H32N3O6P.ClH/c1-4-27-20(25)23-12-10-22(11-13-23)19(24)18(21)15-16-8-7-9-17(14-16)30(26,28-5-2)29-6-3;/h7-9,14,18H,4-6,10-13,15,21H2,1-3H3;1H. The highest BCUT2D eigenvalue weighted by atomic mass is 35.5. The van der Waals surface area contributed by atoms with Gasteiger partial charge in [-0.3, -0.25) is 9.36 Å². The Hall–Kier alpha value is -1.64. The first-order valence-electron chi connectivity index (χ1n) is 10.3. The molecule has 0 aliphatic carbocycles. The third-order valence-electron chi connectivity index (χ3n) is 4.72. The van der Waals surface area contributed by atoms with Crippen LogP contribution in [0.2, 0.25) is 0 Å².